The SMILES string of the molecule is Cc1nc(C2CCCN2c2nccn3cnnc23)[nH]c1C. The van der Waals surface area contributed by atoms with E-state index in [0.717, 1.165) is 48.1 Å². The third-order valence-corrected chi connectivity index (χ3v) is 4.18. The van der Waals surface area contributed by atoms with E-state index >= 15 is 0 Å². The first kappa shape index (κ1) is 12.3. The second kappa shape index (κ2) is 4.54. The molecule has 0 aromatic carbocycles. The lowest BCUT2D eigenvalue weighted by Crippen LogP contribution is -2.25. The lowest BCUT2D eigenvalue weighted by atomic mass is 10.2. The van der Waals surface area contributed by atoms with Crippen molar-refractivity contribution in [3.63, 3.8) is 0 Å². The van der Waals surface area contributed by atoms with E-state index in [1.54, 1.807) is 12.5 Å². The van der Waals surface area contributed by atoms with Crippen molar-refractivity contribution >= 4 is 11.5 Å². The van der Waals surface area contributed by atoms with Crippen LogP contribution in [0.1, 0.15) is 36.1 Å². The maximum atomic E-state index is 4.67. The van der Waals surface area contributed by atoms with E-state index in [4.69, 9.17) is 0 Å². The van der Waals surface area contributed by atoms with Gasteiger partial charge in [-0.1, -0.05) is 0 Å². The van der Waals surface area contributed by atoms with E-state index in [2.05, 4.69) is 37.0 Å². The smallest absolute Gasteiger partial charge is 0.203 e. The zero-order valence-electron chi connectivity index (χ0n) is 12.1. The van der Waals surface area contributed by atoms with Crippen LogP contribution in [0.4, 0.5) is 5.82 Å². The van der Waals surface area contributed by atoms with Gasteiger partial charge in [-0.3, -0.25) is 4.40 Å². The Morgan fingerprint density at radius 2 is 2.24 bits per heavy atom. The van der Waals surface area contributed by atoms with Crippen molar-refractivity contribution in [2.75, 3.05) is 11.4 Å². The Labute approximate surface area is 122 Å². The third-order valence-electron chi connectivity index (χ3n) is 4.18. The first-order chi connectivity index (χ1) is 10.2. The lowest BCUT2D eigenvalue weighted by Gasteiger charge is -2.24. The predicted octanol–water partition coefficient (Wildman–Crippen LogP) is 1.81. The molecule has 1 atom stereocenters. The molecule has 21 heavy (non-hydrogen) atoms. The monoisotopic (exact) mass is 283 g/mol. The van der Waals surface area contributed by atoms with Crippen molar-refractivity contribution in [1.82, 2.24) is 29.5 Å². The lowest BCUT2D eigenvalue weighted by molar-refractivity contribution is 0.668. The van der Waals surface area contributed by atoms with Gasteiger partial charge in [0.25, 0.3) is 0 Å². The highest BCUT2D eigenvalue weighted by Crippen LogP contribution is 2.35. The van der Waals surface area contributed by atoms with E-state index in [9.17, 15) is 0 Å². The van der Waals surface area contributed by atoms with Crippen molar-refractivity contribution in [3.05, 3.63) is 35.9 Å². The van der Waals surface area contributed by atoms with Crippen LogP contribution in [0.25, 0.3) is 5.65 Å². The average Bonchev–Trinajstić information content (AvgIpc) is 3.19. The second-order valence-electron chi connectivity index (χ2n) is 5.50. The molecule has 3 aromatic rings. The van der Waals surface area contributed by atoms with Crippen LogP contribution in [0.3, 0.4) is 0 Å². The van der Waals surface area contributed by atoms with Crippen LogP contribution < -0.4 is 4.90 Å². The molecule has 1 unspecified atom stereocenters. The maximum absolute atomic E-state index is 4.67. The number of imidazole rings is 1. The standard InChI is InChI=1S/C14H17N7/c1-9-10(2)18-12(17-9)11-4-3-6-21(11)13-14-19-16-8-20(14)7-5-15-13/h5,7-8,11H,3-4,6H2,1-2H3,(H,17,18). The largest absolute Gasteiger partial charge is 0.344 e. The molecule has 0 bridgehead atoms. The molecule has 0 aliphatic carbocycles. The van der Waals surface area contributed by atoms with Gasteiger partial charge in [-0.15, -0.1) is 10.2 Å². The summed E-state index contributed by atoms with van der Waals surface area (Å²) in [5.41, 5.74) is 2.99. The van der Waals surface area contributed by atoms with Gasteiger partial charge in [-0.05, 0) is 26.7 Å². The minimum Gasteiger partial charge on any atom is -0.344 e. The summed E-state index contributed by atoms with van der Waals surface area (Å²) in [5, 5.41) is 8.16. The molecule has 1 aliphatic rings. The maximum Gasteiger partial charge on any atom is 0.203 e. The van der Waals surface area contributed by atoms with Crippen LogP contribution in [0.15, 0.2) is 18.7 Å². The summed E-state index contributed by atoms with van der Waals surface area (Å²) in [6, 6.07) is 0.229. The Kier molecular flexibility index (Phi) is 2.66. The molecule has 0 radical (unpaired) electrons. The molecule has 4 rings (SSSR count). The minimum absolute atomic E-state index is 0.229. The molecule has 3 aromatic heterocycles. The van der Waals surface area contributed by atoms with E-state index in [-0.39, 0.29) is 6.04 Å². The van der Waals surface area contributed by atoms with Gasteiger partial charge in [-0.25, -0.2) is 9.97 Å². The fourth-order valence-electron chi connectivity index (χ4n) is 2.99. The van der Waals surface area contributed by atoms with Crippen LogP contribution >= 0.6 is 0 Å². The van der Waals surface area contributed by atoms with Crippen molar-refractivity contribution in [3.8, 4) is 0 Å². The molecule has 1 N–H and O–H groups in total. The number of nitrogens with one attached hydrogen (secondary N) is 1. The number of anilines is 1. The van der Waals surface area contributed by atoms with Crippen molar-refractivity contribution < 1.29 is 0 Å². The van der Waals surface area contributed by atoms with Crippen LogP contribution in [0.2, 0.25) is 0 Å². The normalized spacial score (nSPS) is 18.8. The van der Waals surface area contributed by atoms with E-state index in [1.807, 2.05) is 17.5 Å². The number of aromatic amines is 1. The fraction of sp³-hybridized carbons (Fsp3) is 0.429. The highest BCUT2D eigenvalue weighted by atomic mass is 15.3. The fourth-order valence-corrected chi connectivity index (χ4v) is 2.99. The first-order valence-electron chi connectivity index (χ1n) is 7.18. The molecule has 7 heteroatoms. The number of aryl methyl sites for hydroxylation is 2. The number of hydrogen-bond donors (Lipinski definition) is 1. The Hall–Kier alpha value is -2.44. The van der Waals surface area contributed by atoms with Gasteiger partial charge in [-0.2, -0.15) is 0 Å². The highest BCUT2D eigenvalue weighted by Gasteiger charge is 2.31. The molecule has 1 aliphatic heterocycles. The molecule has 0 spiro atoms. The van der Waals surface area contributed by atoms with Crippen molar-refractivity contribution in [2.24, 2.45) is 0 Å². The first-order valence-corrected chi connectivity index (χ1v) is 7.18. The van der Waals surface area contributed by atoms with Gasteiger partial charge in [0.15, 0.2) is 5.82 Å². The minimum atomic E-state index is 0.229. The number of nitrogens with zero attached hydrogens (tertiary/aromatic N) is 6. The summed E-state index contributed by atoms with van der Waals surface area (Å²) in [7, 11) is 0. The van der Waals surface area contributed by atoms with Gasteiger partial charge in [0, 0.05) is 24.6 Å². The Morgan fingerprint density at radius 3 is 3.05 bits per heavy atom. The Bertz CT molecular complexity index is 768. The Balaban J connectivity index is 1.78. The zero-order valence-corrected chi connectivity index (χ0v) is 12.1. The average molecular weight is 283 g/mol. The van der Waals surface area contributed by atoms with Crippen molar-refractivity contribution in [2.45, 2.75) is 32.7 Å². The van der Waals surface area contributed by atoms with Crippen LogP contribution in [-0.2, 0) is 0 Å². The summed E-state index contributed by atoms with van der Waals surface area (Å²) in [6.45, 7) is 5.05. The summed E-state index contributed by atoms with van der Waals surface area (Å²) in [4.78, 5) is 14.9. The molecule has 0 amide bonds. The summed E-state index contributed by atoms with van der Waals surface area (Å²) < 4.78 is 1.90. The van der Waals surface area contributed by atoms with E-state index in [1.165, 1.54) is 0 Å². The molecule has 1 fully saturated rings. The molecular formula is C14H17N7. The van der Waals surface area contributed by atoms with Gasteiger partial charge in [0.1, 0.15) is 12.2 Å². The molecule has 108 valence electrons. The number of H-pyrrole nitrogens is 1. The number of rotatable bonds is 2. The van der Waals surface area contributed by atoms with Crippen LogP contribution in [0.5, 0.6) is 0 Å². The molecular weight excluding hydrogens is 266 g/mol. The third kappa shape index (κ3) is 1.88. The number of fused-ring (bicyclic) bond motifs is 1. The number of aromatic nitrogens is 6. The zero-order chi connectivity index (χ0) is 14.4. The second-order valence-corrected chi connectivity index (χ2v) is 5.50. The highest BCUT2D eigenvalue weighted by molar-refractivity contribution is 5.64. The molecule has 0 saturated carbocycles. The van der Waals surface area contributed by atoms with Gasteiger partial charge >= 0.3 is 0 Å². The topological polar surface area (TPSA) is 75.0 Å². The molecule has 7 nitrogen and oxygen atoms in total. The van der Waals surface area contributed by atoms with Crippen molar-refractivity contribution in [1.29, 1.82) is 0 Å². The number of hydrogen-bond acceptors (Lipinski definition) is 5. The Morgan fingerprint density at radius 1 is 1.33 bits per heavy atom. The van der Waals surface area contributed by atoms with E-state index < -0.39 is 0 Å². The molecule has 1 saturated heterocycles. The summed E-state index contributed by atoms with van der Waals surface area (Å²) >= 11 is 0. The summed E-state index contributed by atoms with van der Waals surface area (Å²) in [6.07, 6.45) is 7.56. The summed E-state index contributed by atoms with van der Waals surface area (Å²) in [5.74, 6) is 1.90. The van der Waals surface area contributed by atoms with Gasteiger partial charge in [0.05, 0.1) is 11.7 Å². The quantitative estimate of drug-likeness (QED) is 0.776. The van der Waals surface area contributed by atoms with Gasteiger partial charge in [0.2, 0.25) is 5.65 Å². The molecule has 4 heterocycles. The van der Waals surface area contributed by atoms with E-state index in [0.29, 0.717) is 0 Å². The van der Waals surface area contributed by atoms with Crippen LogP contribution in [-0.4, -0.2) is 36.1 Å². The predicted molar refractivity (Wildman–Crippen MR) is 78.2 cm³/mol. The van der Waals surface area contributed by atoms with Gasteiger partial charge < -0.3 is 9.88 Å². The van der Waals surface area contributed by atoms with Crippen LogP contribution in [0, 0.1) is 13.8 Å².